The number of aliphatic hydroxyl groups is 4. The Morgan fingerprint density at radius 3 is 2.75 bits per heavy atom. The molecule has 1 fully saturated rings. The van der Waals surface area contributed by atoms with Gasteiger partial charge < -0.3 is 34.8 Å². The second-order valence-corrected chi connectivity index (χ2v) is 4.18. The minimum absolute atomic E-state index is 0.0574. The van der Waals surface area contributed by atoms with Crippen LogP contribution in [0.1, 0.15) is 0 Å². The molecular formula is C11H13FN2O6. The van der Waals surface area contributed by atoms with E-state index in [1.165, 1.54) is 12.3 Å². The van der Waals surface area contributed by atoms with Crippen molar-refractivity contribution in [2.45, 2.75) is 30.6 Å². The maximum atomic E-state index is 13.9. The Balaban J connectivity index is 2.15. The van der Waals surface area contributed by atoms with E-state index in [9.17, 15) is 19.7 Å². The molecule has 0 aromatic carbocycles. The van der Waals surface area contributed by atoms with E-state index in [1.807, 2.05) is 6.11 Å². The lowest BCUT2D eigenvalue weighted by atomic mass is 10.1. The SMILES string of the molecule is C#COC1=NC(O)N([C@@H]2O[C@](F)(CO)[C@@H](O)[C@H]2O)C=C1. The first kappa shape index (κ1) is 14.7. The van der Waals surface area contributed by atoms with Crippen LogP contribution in [0.15, 0.2) is 17.3 Å². The molecule has 2 heterocycles. The first-order valence-electron chi connectivity index (χ1n) is 5.60. The van der Waals surface area contributed by atoms with Crippen molar-refractivity contribution in [3.8, 4) is 12.5 Å². The Morgan fingerprint density at radius 1 is 1.55 bits per heavy atom. The van der Waals surface area contributed by atoms with Gasteiger partial charge in [0.05, 0.1) is 0 Å². The number of hydrogen-bond acceptors (Lipinski definition) is 8. The van der Waals surface area contributed by atoms with Gasteiger partial charge >= 0.3 is 0 Å². The molecule has 20 heavy (non-hydrogen) atoms. The van der Waals surface area contributed by atoms with Crippen molar-refractivity contribution in [3.05, 3.63) is 12.3 Å². The first-order chi connectivity index (χ1) is 9.42. The minimum atomic E-state index is -2.82. The highest BCUT2D eigenvalue weighted by Crippen LogP contribution is 2.35. The number of aliphatic imine (C=N–C) groups is 1. The van der Waals surface area contributed by atoms with Gasteiger partial charge in [0.25, 0.3) is 5.85 Å². The number of rotatable bonds is 2. The maximum absolute atomic E-state index is 13.9. The van der Waals surface area contributed by atoms with Gasteiger partial charge in [-0.1, -0.05) is 6.42 Å². The molecule has 2 rings (SSSR count). The zero-order chi connectivity index (χ0) is 14.9. The summed E-state index contributed by atoms with van der Waals surface area (Å²) in [6.07, 6.45) is 2.55. The number of alkyl halides is 1. The van der Waals surface area contributed by atoms with E-state index in [2.05, 4.69) is 9.73 Å². The summed E-state index contributed by atoms with van der Waals surface area (Å²) in [5, 5.41) is 37.9. The van der Waals surface area contributed by atoms with Crippen LogP contribution in [-0.4, -0.2) is 68.5 Å². The maximum Gasteiger partial charge on any atom is 0.263 e. The van der Waals surface area contributed by atoms with Crippen LogP contribution in [0.2, 0.25) is 0 Å². The van der Waals surface area contributed by atoms with Crippen LogP contribution in [0.4, 0.5) is 4.39 Å². The molecule has 110 valence electrons. The molecule has 0 aliphatic carbocycles. The normalized spacial score (nSPS) is 40.4. The molecule has 0 radical (unpaired) electrons. The van der Waals surface area contributed by atoms with E-state index in [4.69, 9.17) is 16.3 Å². The summed E-state index contributed by atoms with van der Waals surface area (Å²) in [4.78, 5) is 4.56. The number of ether oxygens (including phenoxy) is 2. The van der Waals surface area contributed by atoms with Crippen molar-refractivity contribution < 1.29 is 34.3 Å². The van der Waals surface area contributed by atoms with Crippen molar-refractivity contribution in [2.24, 2.45) is 4.99 Å². The summed E-state index contributed by atoms with van der Waals surface area (Å²) in [5.41, 5.74) is 0. The molecule has 5 atom stereocenters. The minimum Gasteiger partial charge on any atom is -0.390 e. The largest absolute Gasteiger partial charge is 0.390 e. The second kappa shape index (κ2) is 5.35. The lowest BCUT2D eigenvalue weighted by Crippen LogP contribution is -2.47. The smallest absolute Gasteiger partial charge is 0.263 e. The molecule has 1 saturated heterocycles. The molecule has 1 unspecified atom stereocenters. The van der Waals surface area contributed by atoms with Crippen LogP contribution in [0, 0.1) is 12.5 Å². The van der Waals surface area contributed by atoms with Crippen LogP contribution in [0.3, 0.4) is 0 Å². The van der Waals surface area contributed by atoms with E-state index in [-0.39, 0.29) is 5.90 Å². The zero-order valence-electron chi connectivity index (χ0n) is 10.1. The van der Waals surface area contributed by atoms with Crippen LogP contribution < -0.4 is 0 Å². The number of nitrogens with zero attached hydrogens (tertiary/aromatic N) is 2. The molecule has 0 saturated carbocycles. The highest BCUT2D eigenvalue weighted by molar-refractivity contribution is 5.88. The van der Waals surface area contributed by atoms with Gasteiger partial charge in [0, 0.05) is 12.3 Å². The average molecular weight is 288 g/mol. The van der Waals surface area contributed by atoms with Crippen molar-refractivity contribution in [1.82, 2.24) is 4.90 Å². The molecule has 0 aromatic rings. The van der Waals surface area contributed by atoms with Crippen molar-refractivity contribution in [3.63, 3.8) is 0 Å². The predicted molar refractivity (Wildman–Crippen MR) is 62.2 cm³/mol. The van der Waals surface area contributed by atoms with Gasteiger partial charge in [-0.05, 0) is 0 Å². The summed E-state index contributed by atoms with van der Waals surface area (Å²) < 4.78 is 23.3. The number of terminal acetylenes is 1. The Labute approximate surface area is 113 Å². The van der Waals surface area contributed by atoms with Gasteiger partial charge in [-0.2, -0.15) is 4.99 Å². The quantitative estimate of drug-likeness (QED) is 0.428. The molecule has 9 heteroatoms. The van der Waals surface area contributed by atoms with Crippen LogP contribution in [-0.2, 0) is 9.47 Å². The van der Waals surface area contributed by atoms with Gasteiger partial charge in [-0.25, -0.2) is 4.39 Å². The Hall–Kier alpha value is -1.70. The average Bonchev–Trinajstić information content (AvgIpc) is 2.65. The van der Waals surface area contributed by atoms with Gasteiger partial charge in [0.15, 0.2) is 6.23 Å². The number of aliphatic hydroxyl groups excluding tert-OH is 4. The van der Waals surface area contributed by atoms with E-state index >= 15 is 0 Å². The third kappa shape index (κ3) is 2.35. The lowest BCUT2D eigenvalue weighted by molar-refractivity contribution is -0.223. The van der Waals surface area contributed by atoms with Crippen molar-refractivity contribution >= 4 is 5.90 Å². The molecule has 0 aromatic heterocycles. The topological polar surface area (TPSA) is 115 Å². The summed E-state index contributed by atoms with van der Waals surface area (Å²) >= 11 is 0. The van der Waals surface area contributed by atoms with E-state index in [0.717, 1.165) is 4.90 Å². The Kier molecular flexibility index (Phi) is 3.94. The molecule has 2 aliphatic heterocycles. The van der Waals surface area contributed by atoms with E-state index in [1.54, 1.807) is 0 Å². The number of hydrogen-bond donors (Lipinski definition) is 4. The van der Waals surface area contributed by atoms with Gasteiger partial charge in [-0.3, -0.25) is 0 Å². The molecular weight excluding hydrogens is 275 g/mol. The monoisotopic (exact) mass is 288 g/mol. The fourth-order valence-corrected chi connectivity index (χ4v) is 1.91. The Bertz CT molecular complexity index is 478. The van der Waals surface area contributed by atoms with Crippen LogP contribution in [0.5, 0.6) is 0 Å². The molecule has 4 N–H and O–H groups in total. The summed E-state index contributed by atoms with van der Waals surface area (Å²) in [6, 6.07) is 0. The Morgan fingerprint density at radius 2 is 2.25 bits per heavy atom. The fraction of sp³-hybridized carbons (Fsp3) is 0.545. The first-order valence-corrected chi connectivity index (χ1v) is 5.60. The summed E-state index contributed by atoms with van der Waals surface area (Å²) in [5.74, 6) is -2.88. The van der Waals surface area contributed by atoms with Crippen LogP contribution >= 0.6 is 0 Å². The van der Waals surface area contributed by atoms with Gasteiger partial charge in [0.2, 0.25) is 12.2 Å². The fourth-order valence-electron chi connectivity index (χ4n) is 1.91. The molecule has 0 bridgehead atoms. The number of halogens is 1. The molecule has 0 amide bonds. The molecule has 0 spiro atoms. The lowest BCUT2D eigenvalue weighted by Gasteiger charge is -2.32. The zero-order valence-corrected chi connectivity index (χ0v) is 10.1. The summed E-state index contributed by atoms with van der Waals surface area (Å²) in [6.45, 7) is -1.15. The van der Waals surface area contributed by atoms with Crippen LogP contribution in [0.25, 0.3) is 0 Å². The second-order valence-electron chi connectivity index (χ2n) is 4.18. The van der Waals surface area contributed by atoms with Crippen molar-refractivity contribution in [2.75, 3.05) is 6.61 Å². The van der Waals surface area contributed by atoms with E-state index < -0.39 is 37.2 Å². The van der Waals surface area contributed by atoms with Gasteiger partial charge in [-0.15, -0.1) is 0 Å². The van der Waals surface area contributed by atoms with E-state index in [0.29, 0.717) is 0 Å². The van der Waals surface area contributed by atoms with Crippen molar-refractivity contribution in [1.29, 1.82) is 0 Å². The highest BCUT2D eigenvalue weighted by atomic mass is 19.2. The molecule has 2 aliphatic rings. The standard InChI is InChI=1S/C11H13FN2O6/c1-2-19-6-3-4-14(10(18)13-6)9-7(16)8(17)11(12,5-15)20-9/h1,3-4,7-10,15-18H,5H2/t7-,8+,9-,10?,11-/m1/s1. The third-order valence-corrected chi connectivity index (χ3v) is 2.95. The predicted octanol–water partition coefficient (Wildman–Crippen LogP) is -2.17. The third-order valence-electron chi connectivity index (χ3n) is 2.95. The molecule has 8 nitrogen and oxygen atoms in total. The highest BCUT2D eigenvalue weighted by Gasteiger charge is 2.57. The van der Waals surface area contributed by atoms with Gasteiger partial charge in [0.1, 0.15) is 24.9 Å². The summed E-state index contributed by atoms with van der Waals surface area (Å²) in [7, 11) is 0.